The van der Waals surface area contributed by atoms with Gasteiger partial charge in [-0.05, 0) is 53.5 Å². The SMILES string of the molecule is CNCc1ccc(S(=O)(=O)NC2CCOCC2)c(Br)c1. The summed E-state index contributed by atoms with van der Waals surface area (Å²) < 4.78 is 33.4. The van der Waals surface area contributed by atoms with Crippen LogP contribution < -0.4 is 10.0 Å². The molecule has 1 fully saturated rings. The smallest absolute Gasteiger partial charge is 0.241 e. The Morgan fingerprint density at radius 2 is 2.05 bits per heavy atom. The Morgan fingerprint density at radius 3 is 2.65 bits per heavy atom. The molecule has 2 rings (SSSR count). The number of halogens is 1. The molecule has 1 aliphatic rings. The van der Waals surface area contributed by atoms with Gasteiger partial charge in [-0.25, -0.2) is 13.1 Å². The van der Waals surface area contributed by atoms with Crippen LogP contribution >= 0.6 is 15.9 Å². The van der Waals surface area contributed by atoms with E-state index in [2.05, 4.69) is 26.0 Å². The van der Waals surface area contributed by atoms with Crippen LogP contribution in [0.3, 0.4) is 0 Å². The van der Waals surface area contributed by atoms with E-state index in [4.69, 9.17) is 4.74 Å². The van der Waals surface area contributed by atoms with Gasteiger partial charge < -0.3 is 10.1 Å². The van der Waals surface area contributed by atoms with Crippen molar-refractivity contribution in [1.29, 1.82) is 0 Å². The van der Waals surface area contributed by atoms with Gasteiger partial charge in [-0.2, -0.15) is 0 Å². The Kier molecular flexibility index (Phi) is 5.57. The van der Waals surface area contributed by atoms with E-state index < -0.39 is 10.0 Å². The predicted octanol–water partition coefficient (Wildman–Crippen LogP) is 1.63. The van der Waals surface area contributed by atoms with Gasteiger partial charge >= 0.3 is 0 Å². The third-order valence-electron chi connectivity index (χ3n) is 3.21. The van der Waals surface area contributed by atoms with E-state index in [1.165, 1.54) is 0 Å². The second-order valence-electron chi connectivity index (χ2n) is 4.80. The molecule has 1 aromatic carbocycles. The summed E-state index contributed by atoms with van der Waals surface area (Å²) in [5.41, 5.74) is 1.03. The first kappa shape index (κ1) is 15.9. The van der Waals surface area contributed by atoms with E-state index in [9.17, 15) is 8.42 Å². The molecule has 0 amide bonds. The van der Waals surface area contributed by atoms with Crippen molar-refractivity contribution in [2.24, 2.45) is 0 Å². The maximum atomic E-state index is 12.4. The lowest BCUT2D eigenvalue weighted by atomic mass is 10.1. The summed E-state index contributed by atoms with van der Waals surface area (Å²) in [6.07, 6.45) is 1.43. The Morgan fingerprint density at radius 1 is 1.35 bits per heavy atom. The van der Waals surface area contributed by atoms with Crippen LogP contribution in [0.2, 0.25) is 0 Å². The number of hydrogen-bond acceptors (Lipinski definition) is 4. The van der Waals surface area contributed by atoms with Crippen LogP contribution in [0.4, 0.5) is 0 Å². The summed E-state index contributed by atoms with van der Waals surface area (Å²) in [5, 5.41) is 3.04. The molecule has 112 valence electrons. The molecule has 2 N–H and O–H groups in total. The predicted molar refractivity (Wildman–Crippen MR) is 81.1 cm³/mol. The summed E-state index contributed by atoms with van der Waals surface area (Å²) in [5.74, 6) is 0. The Hall–Kier alpha value is -0.470. The van der Waals surface area contributed by atoms with Crippen molar-refractivity contribution in [1.82, 2.24) is 10.0 Å². The molecule has 0 bridgehead atoms. The lowest BCUT2D eigenvalue weighted by Crippen LogP contribution is -2.38. The number of hydrogen-bond donors (Lipinski definition) is 2. The molecule has 1 aromatic rings. The van der Waals surface area contributed by atoms with Crippen molar-refractivity contribution in [3.63, 3.8) is 0 Å². The minimum Gasteiger partial charge on any atom is -0.381 e. The van der Waals surface area contributed by atoms with Gasteiger partial charge in [0.1, 0.15) is 0 Å². The van der Waals surface area contributed by atoms with Crippen LogP contribution in [-0.2, 0) is 21.3 Å². The number of ether oxygens (including phenoxy) is 1. The third kappa shape index (κ3) is 4.02. The maximum absolute atomic E-state index is 12.4. The summed E-state index contributed by atoms with van der Waals surface area (Å²) in [7, 11) is -1.64. The second-order valence-corrected chi connectivity index (χ2v) is 7.34. The lowest BCUT2D eigenvalue weighted by molar-refractivity contribution is 0.0832. The minimum absolute atomic E-state index is 0.0439. The van der Waals surface area contributed by atoms with Crippen molar-refractivity contribution in [3.05, 3.63) is 28.2 Å². The average Bonchev–Trinajstić information content (AvgIpc) is 2.39. The van der Waals surface area contributed by atoms with Crippen LogP contribution in [0.5, 0.6) is 0 Å². The summed E-state index contributed by atoms with van der Waals surface area (Å²) >= 11 is 3.35. The standard InChI is InChI=1S/C13H19BrN2O3S/c1-15-9-10-2-3-13(12(14)8-10)20(17,18)16-11-4-6-19-7-5-11/h2-3,8,11,15-16H,4-7,9H2,1H3. The quantitative estimate of drug-likeness (QED) is 0.835. The van der Waals surface area contributed by atoms with Gasteiger partial charge in [0.15, 0.2) is 0 Å². The molecule has 0 aliphatic carbocycles. The van der Waals surface area contributed by atoms with Gasteiger partial charge in [0.05, 0.1) is 4.90 Å². The summed E-state index contributed by atoms with van der Waals surface area (Å²) in [4.78, 5) is 0.281. The molecule has 0 atom stereocenters. The average molecular weight is 363 g/mol. The molecule has 1 aliphatic heterocycles. The summed E-state index contributed by atoms with van der Waals surface area (Å²) in [6.45, 7) is 1.91. The van der Waals surface area contributed by atoms with Crippen molar-refractivity contribution in [2.75, 3.05) is 20.3 Å². The molecule has 1 heterocycles. The van der Waals surface area contributed by atoms with Gasteiger partial charge in [0, 0.05) is 30.3 Å². The third-order valence-corrected chi connectivity index (χ3v) is 5.71. The molecule has 20 heavy (non-hydrogen) atoms. The van der Waals surface area contributed by atoms with Crippen molar-refractivity contribution in [2.45, 2.75) is 30.3 Å². The van der Waals surface area contributed by atoms with Crippen molar-refractivity contribution >= 4 is 26.0 Å². The molecular formula is C13H19BrN2O3S. The first-order valence-corrected chi connectivity index (χ1v) is 8.83. The molecule has 7 heteroatoms. The molecule has 5 nitrogen and oxygen atoms in total. The minimum atomic E-state index is -3.50. The highest BCUT2D eigenvalue weighted by Crippen LogP contribution is 2.24. The topological polar surface area (TPSA) is 67.4 Å². The fraction of sp³-hybridized carbons (Fsp3) is 0.538. The molecular weight excluding hydrogens is 344 g/mol. The van der Waals surface area contributed by atoms with E-state index in [-0.39, 0.29) is 10.9 Å². The molecule has 0 radical (unpaired) electrons. The number of benzene rings is 1. The zero-order valence-electron chi connectivity index (χ0n) is 11.4. The lowest BCUT2D eigenvalue weighted by Gasteiger charge is -2.23. The fourth-order valence-electron chi connectivity index (χ4n) is 2.17. The van der Waals surface area contributed by atoms with Crippen LogP contribution in [0.1, 0.15) is 18.4 Å². The van der Waals surface area contributed by atoms with Gasteiger partial charge in [0.2, 0.25) is 10.0 Å². The highest BCUT2D eigenvalue weighted by molar-refractivity contribution is 9.10. The van der Waals surface area contributed by atoms with Crippen LogP contribution in [0.15, 0.2) is 27.6 Å². The number of nitrogens with one attached hydrogen (secondary N) is 2. The Balaban J connectivity index is 2.16. The molecule has 0 aromatic heterocycles. The van der Waals surface area contributed by atoms with E-state index in [0.717, 1.165) is 5.56 Å². The van der Waals surface area contributed by atoms with Gasteiger partial charge in [0.25, 0.3) is 0 Å². The van der Waals surface area contributed by atoms with Crippen LogP contribution in [0.25, 0.3) is 0 Å². The van der Waals surface area contributed by atoms with Gasteiger partial charge in [-0.1, -0.05) is 6.07 Å². The van der Waals surface area contributed by atoms with Gasteiger partial charge in [-0.15, -0.1) is 0 Å². The molecule has 0 spiro atoms. The van der Waals surface area contributed by atoms with E-state index in [0.29, 0.717) is 37.1 Å². The fourth-order valence-corrected chi connectivity index (χ4v) is 4.60. The molecule has 1 saturated heterocycles. The van der Waals surface area contributed by atoms with Gasteiger partial charge in [-0.3, -0.25) is 0 Å². The number of rotatable bonds is 5. The van der Waals surface area contributed by atoms with Crippen molar-refractivity contribution < 1.29 is 13.2 Å². The largest absolute Gasteiger partial charge is 0.381 e. The van der Waals surface area contributed by atoms with E-state index in [1.807, 2.05) is 19.2 Å². The second kappa shape index (κ2) is 7.00. The molecule has 0 saturated carbocycles. The molecule has 0 unspecified atom stereocenters. The monoisotopic (exact) mass is 362 g/mol. The normalized spacial score (nSPS) is 17.3. The Labute approximate surface area is 128 Å². The van der Waals surface area contributed by atoms with E-state index in [1.54, 1.807) is 6.07 Å². The summed E-state index contributed by atoms with van der Waals surface area (Å²) in [6, 6.07) is 5.24. The highest BCUT2D eigenvalue weighted by atomic mass is 79.9. The maximum Gasteiger partial charge on any atom is 0.241 e. The zero-order valence-corrected chi connectivity index (χ0v) is 13.8. The Bertz CT molecular complexity index is 557. The first-order valence-electron chi connectivity index (χ1n) is 6.56. The highest BCUT2D eigenvalue weighted by Gasteiger charge is 2.23. The number of sulfonamides is 1. The zero-order chi connectivity index (χ0) is 14.6. The van der Waals surface area contributed by atoms with Crippen molar-refractivity contribution in [3.8, 4) is 0 Å². The first-order chi connectivity index (χ1) is 9.53. The van der Waals surface area contributed by atoms with Crippen LogP contribution in [0, 0.1) is 0 Å². The van der Waals surface area contributed by atoms with Crippen LogP contribution in [-0.4, -0.2) is 34.7 Å². The van der Waals surface area contributed by atoms with E-state index >= 15 is 0 Å².